The van der Waals surface area contributed by atoms with Gasteiger partial charge in [-0.2, -0.15) is 0 Å². The van der Waals surface area contributed by atoms with Crippen molar-refractivity contribution in [2.24, 2.45) is 28.4 Å². The van der Waals surface area contributed by atoms with Gasteiger partial charge in [-0.1, -0.05) is 32.8 Å². The number of hydrogen-bond acceptors (Lipinski definition) is 10. The summed E-state index contributed by atoms with van der Waals surface area (Å²) in [6.07, 6.45) is 9.13. The van der Waals surface area contributed by atoms with Gasteiger partial charge in [-0.05, 0) is 81.0 Å². The topological polar surface area (TPSA) is 147 Å². The van der Waals surface area contributed by atoms with Gasteiger partial charge in [0.15, 0.2) is 0 Å². The van der Waals surface area contributed by atoms with Crippen molar-refractivity contribution in [3.8, 4) is 0 Å². The largest absolute Gasteiger partial charge is 0.464 e. The molecule has 2 N–H and O–H groups in total. The van der Waals surface area contributed by atoms with E-state index >= 15 is 0 Å². The maximum atomic E-state index is 14.4. The number of methoxy groups -OCH3 is 1. The molecule has 4 aliphatic heterocycles. The fraction of sp³-hybridized carbons (Fsp3) is 0.628. The Morgan fingerprint density at radius 3 is 2.67 bits per heavy atom. The molecule has 7 rings (SSSR count). The molecule has 1 aliphatic carbocycles. The predicted molar refractivity (Wildman–Crippen MR) is 224 cm³/mol. The number of esters is 1. The minimum atomic E-state index is -0.951. The second kappa shape index (κ2) is 17.1. The minimum Gasteiger partial charge on any atom is -0.464 e. The van der Waals surface area contributed by atoms with E-state index in [2.05, 4.69) is 54.4 Å². The van der Waals surface area contributed by atoms with Crippen molar-refractivity contribution in [2.75, 3.05) is 33.1 Å². The lowest BCUT2D eigenvalue weighted by Crippen LogP contribution is -2.62. The van der Waals surface area contributed by atoms with Gasteiger partial charge < -0.3 is 24.3 Å². The second-order valence-electron chi connectivity index (χ2n) is 17.3. The van der Waals surface area contributed by atoms with Gasteiger partial charge in [-0.25, -0.2) is 5.43 Å². The van der Waals surface area contributed by atoms with Crippen LogP contribution >= 0.6 is 11.8 Å². The van der Waals surface area contributed by atoms with Crippen molar-refractivity contribution >= 4 is 63.2 Å². The first-order valence-corrected chi connectivity index (χ1v) is 21.6. The van der Waals surface area contributed by atoms with E-state index in [1.807, 2.05) is 13.1 Å². The summed E-state index contributed by atoms with van der Waals surface area (Å²) in [7, 11) is 5.49. The molecule has 2 aromatic rings. The van der Waals surface area contributed by atoms with Crippen LogP contribution in [0.1, 0.15) is 108 Å². The van der Waals surface area contributed by atoms with Crippen LogP contribution in [0.15, 0.2) is 33.9 Å². The Morgan fingerprint density at radius 2 is 1.93 bits per heavy atom. The van der Waals surface area contributed by atoms with Crippen LogP contribution in [-0.2, 0) is 42.1 Å². The van der Waals surface area contributed by atoms with Gasteiger partial charge in [0.1, 0.15) is 18.1 Å². The highest BCUT2D eigenvalue weighted by atomic mass is 32.2. The first-order valence-electron chi connectivity index (χ1n) is 20.6. The van der Waals surface area contributed by atoms with Gasteiger partial charge in [-0.15, -0.1) is 11.8 Å². The molecule has 3 amide bonds. The summed E-state index contributed by atoms with van der Waals surface area (Å²) in [5.74, 6) is -0.561. The predicted octanol–water partition coefficient (Wildman–Crippen LogP) is 5.51. The van der Waals surface area contributed by atoms with Crippen molar-refractivity contribution in [1.29, 1.82) is 0 Å². The number of cyclic esters (lactones) is 1. The molecule has 1 saturated carbocycles. The molecule has 5 aliphatic rings. The fourth-order valence-corrected chi connectivity index (χ4v) is 10.4. The van der Waals surface area contributed by atoms with E-state index < -0.39 is 29.5 Å². The summed E-state index contributed by atoms with van der Waals surface area (Å²) < 4.78 is 14.2. The third-order valence-corrected chi connectivity index (χ3v) is 13.6. The molecule has 5 atom stereocenters. The molecule has 57 heavy (non-hydrogen) atoms. The Hall–Kier alpha value is -4.01. The Balaban J connectivity index is 1.29. The number of rotatable bonds is 7. The number of benzene rings is 1. The van der Waals surface area contributed by atoms with Gasteiger partial charge in [0.25, 0.3) is 5.91 Å². The zero-order chi connectivity index (χ0) is 40.6. The van der Waals surface area contributed by atoms with Crippen LogP contribution < -0.4 is 10.7 Å². The maximum Gasteiger partial charge on any atom is 0.324 e. The second-order valence-corrected chi connectivity index (χ2v) is 18.3. The summed E-state index contributed by atoms with van der Waals surface area (Å²) in [5.41, 5.74) is 9.31. The summed E-state index contributed by atoms with van der Waals surface area (Å²) in [4.78, 5) is 66.6. The zero-order valence-corrected chi connectivity index (χ0v) is 35.4. The highest BCUT2D eigenvalue weighted by Crippen LogP contribution is 2.42. The Labute approximate surface area is 340 Å². The van der Waals surface area contributed by atoms with E-state index in [-0.39, 0.29) is 48.8 Å². The Morgan fingerprint density at radius 1 is 1.16 bits per heavy atom. The third-order valence-electron chi connectivity index (χ3n) is 12.5. The van der Waals surface area contributed by atoms with Crippen LogP contribution in [0.3, 0.4) is 0 Å². The quantitative estimate of drug-likeness (QED) is 0.349. The zero-order valence-electron chi connectivity index (χ0n) is 34.6. The Kier molecular flexibility index (Phi) is 12.3. The lowest BCUT2D eigenvalue weighted by atomic mass is 9.83. The van der Waals surface area contributed by atoms with E-state index in [0.717, 1.165) is 71.4 Å². The molecular formula is C43H59N7O6S. The summed E-state index contributed by atoms with van der Waals surface area (Å²) in [6.45, 7) is 8.32. The Bertz CT molecular complexity index is 2000. The molecule has 1 unspecified atom stereocenters. The number of thioether (sulfide) groups is 1. The lowest BCUT2D eigenvalue weighted by Gasteiger charge is -2.36. The molecule has 1 aromatic carbocycles. The van der Waals surface area contributed by atoms with Crippen LogP contribution in [0.25, 0.3) is 16.5 Å². The first-order chi connectivity index (χ1) is 27.3. The number of hydrazine groups is 1. The average Bonchev–Trinajstić information content (AvgIpc) is 3.96. The smallest absolute Gasteiger partial charge is 0.324 e. The van der Waals surface area contributed by atoms with Gasteiger partial charge >= 0.3 is 5.97 Å². The van der Waals surface area contributed by atoms with Crippen LogP contribution in [0.4, 0.5) is 0 Å². The number of carbonyl (C=O) groups is 4. The van der Waals surface area contributed by atoms with Crippen LogP contribution in [-0.4, -0.2) is 107 Å². The minimum absolute atomic E-state index is 0.0164. The van der Waals surface area contributed by atoms with E-state index in [0.29, 0.717) is 31.6 Å². The number of aryl methyl sites for hydroxylation is 1. The van der Waals surface area contributed by atoms with E-state index in [4.69, 9.17) is 19.5 Å². The molecule has 0 spiro atoms. The number of carbonyl (C=O) groups excluding carboxylic acids is 4. The van der Waals surface area contributed by atoms with Crippen LogP contribution in [0.2, 0.25) is 0 Å². The van der Waals surface area contributed by atoms with E-state index in [9.17, 15) is 19.2 Å². The van der Waals surface area contributed by atoms with Gasteiger partial charge in [0.2, 0.25) is 11.8 Å². The van der Waals surface area contributed by atoms with Gasteiger partial charge in [0.05, 0.1) is 29.5 Å². The summed E-state index contributed by atoms with van der Waals surface area (Å²) >= 11 is 1.61. The molecule has 2 fully saturated rings. The average molecular weight is 802 g/mol. The number of aromatic nitrogens is 1. The van der Waals surface area contributed by atoms with E-state index in [1.54, 1.807) is 25.9 Å². The standard InChI is InChI=1S/C43H59N7O6S/c1-25(55-7)37-29(14-10-18-44-37)39-31-22-43(3,4)24-56-42(54)32-15-11-19-50(47-32)41(53)33(46-40(52)38(48(5)26(2)51)27-12-8-9-13-27)21-36-45-34(23-57-36)28-16-17-35(49(39)6)30(31)20-28/h16-18,20,25,27,32-34,38,47H,8-15,19,21-24H2,1-7H3,(H,46,52)/t25-,32-,33-,34?,38-/m0/s1. The number of nitrogens with one attached hydrogen (secondary N) is 2. The molecule has 1 aromatic heterocycles. The molecule has 13 nitrogen and oxygen atoms in total. The number of fused-ring (bicyclic) bond motifs is 5. The molecule has 6 bridgehead atoms. The number of allylic oxidation sites excluding steroid dienone is 1. The van der Waals surface area contributed by atoms with Crippen LogP contribution in [0, 0.1) is 11.3 Å². The normalized spacial score (nSPS) is 25.6. The molecule has 5 heterocycles. The fourth-order valence-electron chi connectivity index (χ4n) is 9.30. The number of amides is 3. The monoisotopic (exact) mass is 801 g/mol. The number of hydrogen-bond donors (Lipinski definition) is 2. The van der Waals surface area contributed by atoms with Crippen molar-refractivity contribution in [1.82, 2.24) is 25.2 Å². The first kappa shape index (κ1) is 41.2. The lowest BCUT2D eigenvalue weighted by molar-refractivity contribution is -0.155. The molecule has 1 saturated heterocycles. The van der Waals surface area contributed by atoms with Crippen molar-refractivity contribution < 1.29 is 28.7 Å². The highest BCUT2D eigenvalue weighted by Gasteiger charge is 2.40. The third kappa shape index (κ3) is 8.59. The number of nitrogens with zero attached hydrogens (tertiary/aromatic N) is 5. The van der Waals surface area contributed by atoms with Gasteiger partial charge in [0, 0.05) is 80.6 Å². The van der Waals surface area contributed by atoms with E-state index in [1.165, 1.54) is 28.0 Å². The van der Waals surface area contributed by atoms with Crippen molar-refractivity contribution in [2.45, 2.75) is 122 Å². The number of ether oxygens (including phenoxy) is 2. The molecule has 308 valence electrons. The van der Waals surface area contributed by atoms with Crippen molar-refractivity contribution in [3.63, 3.8) is 0 Å². The van der Waals surface area contributed by atoms with Crippen molar-refractivity contribution in [3.05, 3.63) is 40.7 Å². The molecular weight excluding hydrogens is 743 g/mol. The number of likely N-dealkylation sites (N-methyl/N-ethyl adjacent to an activating group) is 1. The summed E-state index contributed by atoms with van der Waals surface area (Å²) in [6, 6.07) is 4.10. The summed E-state index contributed by atoms with van der Waals surface area (Å²) in [5, 5.41) is 6.47. The highest BCUT2D eigenvalue weighted by molar-refractivity contribution is 8.14. The van der Waals surface area contributed by atoms with Gasteiger partial charge in [-0.3, -0.25) is 34.2 Å². The molecule has 0 radical (unpaired) electrons. The maximum absolute atomic E-state index is 14.4. The SMILES string of the molecule is CO[C@@H](C)C1=C(c2c3c4cc(ccc4n2C)C2CSC(=N2)C[C@H](NC(=O)[C@H](C2CCCC2)N(C)C(C)=O)C(=O)N2CCC[C@H](N2)C(=O)OCC(C)(C)C3)CCC=N1. The van der Waals surface area contributed by atoms with Crippen LogP contribution in [0.5, 0.6) is 0 Å². The number of aliphatic imine (C=N–C) groups is 2. The molecule has 14 heteroatoms.